The van der Waals surface area contributed by atoms with E-state index in [0.717, 1.165) is 9.13 Å². The van der Waals surface area contributed by atoms with Crippen LogP contribution in [-0.4, -0.2) is 66.2 Å². The van der Waals surface area contributed by atoms with Crippen molar-refractivity contribution < 1.29 is 13.6 Å². The van der Waals surface area contributed by atoms with Crippen LogP contribution in [0.2, 0.25) is 0 Å². The number of imidazole rings is 1. The second-order valence-electron chi connectivity index (χ2n) is 9.61. The lowest BCUT2D eigenvalue weighted by Crippen LogP contribution is -2.40. The van der Waals surface area contributed by atoms with Crippen LogP contribution >= 0.6 is 11.3 Å². The Labute approximate surface area is 229 Å². The van der Waals surface area contributed by atoms with Gasteiger partial charge in [-0.25, -0.2) is 38.1 Å². The molecular weight excluding hydrogens is 546 g/mol. The van der Waals surface area contributed by atoms with Gasteiger partial charge >= 0.3 is 5.69 Å². The number of carbonyl (C=O) groups excluding carboxylic acids is 1. The molecule has 1 aliphatic heterocycles. The van der Waals surface area contributed by atoms with Crippen molar-refractivity contribution in [2.45, 2.75) is 32.4 Å². The van der Waals surface area contributed by atoms with Gasteiger partial charge in [-0.05, 0) is 20.6 Å². The average molecular weight is 571 g/mol. The minimum Gasteiger partial charge on any atom is -0.340 e. The molecule has 0 radical (unpaired) electrons. The van der Waals surface area contributed by atoms with Gasteiger partial charge < -0.3 is 14.8 Å². The highest BCUT2D eigenvalue weighted by atomic mass is 32.1. The number of guanidine groups is 1. The number of alkyl halides is 2. The quantitative estimate of drug-likeness (QED) is 0.349. The number of aromatic nitrogens is 5. The van der Waals surface area contributed by atoms with Crippen molar-refractivity contribution in [3.63, 3.8) is 0 Å². The SMILES string of the molecule is C=N/C(=N\C=C(/C)c1nc(NC(=O)[C@H](C)n2cnc3c2c(=O)n(CC#N)c(=O)n3C)cs1)N1CC2C(C1)C2(F)F. The maximum absolute atomic E-state index is 13.5. The smallest absolute Gasteiger partial charge is 0.333 e. The molecule has 40 heavy (non-hydrogen) atoms. The van der Waals surface area contributed by atoms with E-state index in [1.165, 1.54) is 35.5 Å². The van der Waals surface area contributed by atoms with Crippen molar-refractivity contribution in [1.82, 2.24) is 28.6 Å². The van der Waals surface area contributed by atoms with Crippen LogP contribution in [0.25, 0.3) is 16.7 Å². The third kappa shape index (κ3) is 4.41. The fourth-order valence-electron chi connectivity index (χ4n) is 4.77. The van der Waals surface area contributed by atoms with Crippen molar-refractivity contribution in [3.8, 4) is 6.07 Å². The minimum absolute atomic E-state index is 0.0151. The lowest BCUT2D eigenvalue weighted by atomic mass is 10.3. The number of likely N-dealkylation sites (tertiary alicyclic amines) is 1. The summed E-state index contributed by atoms with van der Waals surface area (Å²) in [4.78, 5) is 56.8. The fraction of sp³-hybridized carbons (Fsp3) is 0.417. The Morgan fingerprint density at radius 3 is 2.75 bits per heavy atom. The standard InChI is InChI=1S/C24H24F2N10O3S/c1-12(7-29-22(28-3)34-8-14-15(9-34)24(14,25)26)20-32-16(10-40-20)31-19(37)13(2)36-11-30-18-17(36)21(38)35(6-5-27)23(39)33(18)4/h7,10-11,13-15H,3,6,8-9H2,1-2,4H3,(H,31,37)/b12-7+,29-22+/t13-,14?,15?/m0/s1. The Morgan fingerprint density at radius 2 is 2.10 bits per heavy atom. The van der Waals surface area contributed by atoms with Gasteiger partial charge in [0, 0.05) is 37.3 Å². The number of nitrogens with one attached hydrogen (secondary N) is 1. The first-order valence-corrected chi connectivity index (χ1v) is 13.0. The number of thiazole rings is 1. The summed E-state index contributed by atoms with van der Waals surface area (Å²) in [6.45, 7) is 6.75. The zero-order valence-corrected chi connectivity index (χ0v) is 22.5. The molecule has 3 atom stereocenters. The van der Waals surface area contributed by atoms with Crippen LogP contribution in [-0.2, 0) is 18.4 Å². The molecule has 3 aromatic rings. The molecule has 4 heterocycles. The highest BCUT2D eigenvalue weighted by molar-refractivity contribution is 7.11. The number of fused-ring (bicyclic) bond motifs is 2. The molecule has 0 spiro atoms. The molecule has 1 N–H and O–H groups in total. The molecule has 1 saturated carbocycles. The van der Waals surface area contributed by atoms with Crippen LogP contribution < -0.4 is 16.6 Å². The number of piperidine rings is 1. The zero-order chi connectivity index (χ0) is 28.9. The molecule has 1 aliphatic carbocycles. The van der Waals surface area contributed by atoms with E-state index in [9.17, 15) is 23.2 Å². The topological polar surface area (TPSA) is 156 Å². The number of aliphatic imine (C=N–C) groups is 2. The van der Waals surface area contributed by atoms with Gasteiger partial charge in [-0.15, -0.1) is 11.3 Å². The number of hydrogen-bond acceptors (Lipinski definition) is 8. The number of anilines is 1. The number of rotatable bonds is 6. The Hall–Kier alpha value is -4.52. The van der Waals surface area contributed by atoms with Crippen LogP contribution in [0.1, 0.15) is 24.9 Å². The van der Waals surface area contributed by atoms with Gasteiger partial charge in [0.15, 0.2) is 11.2 Å². The summed E-state index contributed by atoms with van der Waals surface area (Å²) in [5.74, 6) is -3.88. The number of aryl methyl sites for hydroxylation is 1. The molecule has 13 nitrogen and oxygen atoms in total. The summed E-state index contributed by atoms with van der Waals surface area (Å²) in [6.07, 6.45) is 2.81. The van der Waals surface area contributed by atoms with Crippen molar-refractivity contribution >= 4 is 52.5 Å². The Morgan fingerprint density at radius 1 is 1.40 bits per heavy atom. The number of carbonyl (C=O) groups is 1. The minimum atomic E-state index is -2.60. The van der Waals surface area contributed by atoms with Gasteiger partial charge in [-0.3, -0.25) is 14.2 Å². The highest BCUT2D eigenvalue weighted by Gasteiger charge is 2.72. The van der Waals surface area contributed by atoms with Crippen molar-refractivity contribution in [2.75, 3.05) is 18.4 Å². The van der Waals surface area contributed by atoms with Crippen molar-refractivity contribution in [3.05, 3.63) is 43.8 Å². The summed E-state index contributed by atoms with van der Waals surface area (Å²) < 4.78 is 30.3. The molecule has 2 aliphatic rings. The Kier molecular flexibility index (Phi) is 6.70. The number of nitrogens with zero attached hydrogens (tertiary/aromatic N) is 9. The second-order valence-corrected chi connectivity index (χ2v) is 10.5. The van der Waals surface area contributed by atoms with Crippen molar-refractivity contribution in [2.24, 2.45) is 28.9 Å². The van der Waals surface area contributed by atoms with E-state index < -0.39 is 47.5 Å². The Bertz CT molecular complexity index is 1740. The second kappa shape index (κ2) is 9.90. The third-order valence-corrected chi connectivity index (χ3v) is 8.15. The lowest BCUT2D eigenvalue weighted by Gasteiger charge is -2.19. The summed E-state index contributed by atoms with van der Waals surface area (Å²) in [6, 6.07) is 0.882. The number of nitriles is 1. The largest absolute Gasteiger partial charge is 0.340 e. The van der Waals surface area contributed by atoms with Gasteiger partial charge in [0.1, 0.15) is 23.4 Å². The lowest BCUT2D eigenvalue weighted by molar-refractivity contribution is -0.118. The molecule has 1 amide bonds. The highest BCUT2D eigenvalue weighted by Crippen LogP contribution is 2.59. The molecule has 5 rings (SSSR count). The van der Waals surface area contributed by atoms with Crippen molar-refractivity contribution in [1.29, 1.82) is 5.26 Å². The van der Waals surface area contributed by atoms with Crippen LogP contribution in [0, 0.1) is 23.2 Å². The first kappa shape index (κ1) is 27.1. The first-order chi connectivity index (χ1) is 19.0. The fourth-order valence-corrected chi connectivity index (χ4v) is 5.49. The van der Waals surface area contributed by atoms with E-state index in [1.807, 2.05) is 0 Å². The van der Waals surface area contributed by atoms with E-state index >= 15 is 0 Å². The summed E-state index contributed by atoms with van der Waals surface area (Å²) in [5, 5.41) is 13.9. The number of allylic oxidation sites excluding steroid dienone is 1. The normalized spacial score (nSPS) is 20.8. The van der Waals surface area contributed by atoms with Crippen LogP contribution in [0.4, 0.5) is 14.6 Å². The molecule has 1 saturated heterocycles. The first-order valence-electron chi connectivity index (χ1n) is 12.1. The van der Waals surface area contributed by atoms with E-state index in [2.05, 4.69) is 32.0 Å². The van der Waals surface area contributed by atoms with Crippen LogP contribution in [0.3, 0.4) is 0 Å². The molecular formula is C24H24F2N10O3S. The summed E-state index contributed by atoms with van der Waals surface area (Å²) in [7, 11) is 1.43. The molecule has 3 aromatic heterocycles. The van der Waals surface area contributed by atoms with Gasteiger partial charge in [-0.1, -0.05) is 0 Å². The molecule has 2 fully saturated rings. The van der Waals surface area contributed by atoms with E-state index in [-0.39, 0.29) is 36.0 Å². The molecule has 0 bridgehead atoms. The predicted octanol–water partition coefficient (Wildman–Crippen LogP) is 1.69. The summed E-state index contributed by atoms with van der Waals surface area (Å²) in [5.41, 5.74) is -0.634. The maximum Gasteiger partial charge on any atom is 0.333 e. The van der Waals surface area contributed by atoms with E-state index in [1.54, 1.807) is 30.2 Å². The molecule has 208 valence electrons. The Balaban J connectivity index is 1.31. The average Bonchev–Trinajstić information content (AvgIpc) is 3.51. The monoisotopic (exact) mass is 570 g/mol. The van der Waals surface area contributed by atoms with Crippen LogP contribution in [0.15, 0.2) is 37.5 Å². The molecule has 0 aromatic carbocycles. The molecule has 2 unspecified atom stereocenters. The zero-order valence-electron chi connectivity index (χ0n) is 21.7. The number of amides is 1. The number of hydrogen-bond donors (Lipinski definition) is 1. The summed E-state index contributed by atoms with van der Waals surface area (Å²) >= 11 is 1.26. The van der Waals surface area contributed by atoms with Gasteiger partial charge in [-0.2, -0.15) is 5.26 Å². The van der Waals surface area contributed by atoms with E-state index in [4.69, 9.17) is 5.26 Å². The van der Waals surface area contributed by atoms with E-state index in [0.29, 0.717) is 10.6 Å². The van der Waals surface area contributed by atoms with Gasteiger partial charge in [0.05, 0.1) is 24.2 Å². The van der Waals surface area contributed by atoms with Gasteiger partial charge in [0.2, 0.25) is 11.9 Å². The predicted molar refractivity (Wildman–Crippen MR) is 144 cm³/mol. The van der Waals surface area contributed by atoms with Crippen LogP contribution in [0.5, 0.6) is 0 Å². The molecule has 16 heteroatoms. The number of halogens is 2. The maximum atomic E-state index is 13.5. The van der Waals surface area contributed by atoms with Gasteiger partial charge in [0.25, 0.3) is 11.5 Å². The third-order valence-electron chi connectivity index (χ3n) is 7.17.